The van der Waals surface area contributed by atoms with Crippen LogP contribution < -0.4 is 4.74 Å². The Hall–Kier alpha value is -3.08. The number of rotatable bonds is 9. The molecule has 32 heavy (non-hydrogen) atoms. The number of benzene rings is 3. The average molecular weight is 442 g/mol. The number of unbranched alkanes of at least 4 members (excludes halogenated alkanes) is 1. The highest BCUT2D eigenvalue weighted by molar-refractivity contribution is 5.88. The average Bonchev–Trinajstić information content (AvgIpc) is 2.72. The van der Waals surface area contributed by atoms with Gasteiger partial charge in [-0.05, 0) is 65.4 Å². The molecule has 0 aliphatic carbocycles. The van der Waals surface area contributed by atoms with E-state index in [1.807, 2.05) is 36.4 Å². The zero-order chi connectivity index (χ0) is 23.3. The first-order valence-corrected chi connectivity index (χ1v) is 10.6. The molecule has 3 aromatic carbocycles. The van der Waals surface area contributed by atoms with Crippen LogP contribution in [0.15, 0.2) is 61.2 Å². The Morgan fingerprint density at radius 3 is 2.47 bits per heavy atom. The van der Waals surface area contributed by atoms with E-state index in [0.717, 1.165) is 28.8 Å². The van der Waals surface area contributed by atoms with Crippen LogP contribution in [-0.4, -0.2) is 6.11 Å². The van der Waals surface area contributed by atoms with E-state index in [-0.39, 0.29) is 23.3 Å². The van der Waals surface area contributed by atoms with Gasteiger partial charge < -0.3 is 4.74 Å². The molecule has 0 unspecified atom stereocenters. The molecular formula is C27H26F4O. The third-order valence-electron chi connectivity index (χ3n) is 5.19. The number of alkyl halides is 2. The lowest BCUT2D eigenvalue weighted by Crippen LogP contribution is -2.24. The van der Waals surface area contributed by atoms with Crippen molar-refractivity contribution in [1.82, 2.24) is 0 Å². The van der Waals surface area contributed by atoms with E-state index in [4.69, 9.17) is 0 Å². The van der Waals surface area contributed by atoms with Gasteiger partial charge in [-0.25, -0.2) is 8.78 Å². The number of fused-ring (bicyclic) bond motifs is 1. The van der Waals surface area contributed by atoms with E-state index in [0.29, 0.717) is 12.0 Å². The van der Waals surface area contributed by atoms with Crippen molar-refractivity contribution in [3.63, 3.8) is 0 Å². The van der Waals surface area contributed by atoms with Gasteiger partial charge in [0.2, 0.25) is 0 Å². The number of halogens is 4. The van der Waals surface area contributed by atoms with Crippen molar-refractivity contribution in [2.45, 2.75) is 45.6 Å². The van der Waals surface area contributed by atoms with E-state index in [2.05, 4.69) is 11.3 Å². The van der Waals surface area contributed by atoms with Crippen LogP contribution in [0.3, 0.4) is 0 Å². The van der Waals surface area contributed by atoms with Crippen LogP contribution in [0.25, 0.3) is 22.7 Å². The summed E-state index contributed by atoms with van der Waals surface area (Å²) in [5, 5.41) is 1.93. The Morgan fingerprint density at radius 2 is 1.78 bits per heavy atom. The number of aryl methyl sites for hydroxylation is 1. The number of allylic oxidation sites excluding steroid dienone is 1. The van der Waals surface area contributed by atoms with Gasteiger partial charge >= 0.3 is 6.11 Å². The zero-order valence-corrected chi connectivity index (χ0v) is 18.2. The fourth-order valence-electron chi connectivity index (χ4n) is 3.60. The van der Waals surface area contributed by atoms with Crippen molar-refractivity contribution < 1.29 is 22.3 Å². The molecule has 0 N–H and O–H groups in total. The van der Waals surface area contributed by atoms with Gasteiger partial charge in [0.1, 0.15) is 17.4 Å². The fraction of sp³-hybridized carbons (Fsp3) is 0.259. The Morgan fingerprint density at radius 1 is 1.06 bits per heavy atom. The smallest absolute Gasteiger partial charge is 0.397 e. The molecule has 0 aliphatic heterocycles. The molecule has 0 bridgehead atoms. The van der Waals surface area contributed by atoms with Gasteiger partial charge in [0.25, 0.3) is 0 Å². The van der Waals surface area contributed by atoms with Crippen LogP contribution in [0.1, 0.15) is 48.4 Å². The lowest BCUT2D eigenvalue weighted by atomic mass is 10.0. The molecule has 0 heterocycles. The molecule has 0 amide bonds. The molecule has 0 saturated carbocycles. The predicted octanol–water partition coefficient (Wildman–Crippen LogP) is 8.65. The first-order chi connectivity index (χ1) is 15.2. The van der Waals surface area contributed by atoms with E-state index in [1.54, 1.807) is 13.0 Å². The van der Waals surface area contributed by atoms with Crippen LogP contribution in [0.2, 0.25) is 0 Å². The molecular weight excluding hydrogens is 416 g/mol. The first-order valence-electron chi connectivity index (χ1n) is 10.6. The minimum atomic E-state index is -3.40. The van der Waals surface area contributed by atoms with Gasteiger partial charge in [-0.15, -0.1) is 6.58 Å². The standard InChI is InChI=1S/C27H26F4O/c1-4-6-12-27(30,31)32-23-13-18(3)26(25(29)17-23)24(28)16-20-9-11-21-14-19(7-5-2)8-10-22(21)15-20/h5,8-11,13-17H,2,4,6-7,12H2,1,3H3/b24-16-. The van der Waals surface area contributed by atoms with Crippen molar-refractivity contribution in [3.8, 4) is 5.75 Å². The largest absolute Gasteiger partial charge is 0.432 e. The number of hydrogen-bond donors (Lipinski definition) is 0. The normalized spacial score (nSPS) is 12.2. The molecule has 0 atom stereocenters. The van der Waals surface area contributed by atoms with Crippen LogP contribution in [-0.2, 0) is 6.42 Å². The van der Waals surface area contributed by atoms with Gasteiger partial charge in [-0.2, -0.15) is 8.78 Å². The minimum Gasteiger partial charge on any atom is -0.432 e. The molecule has 0 spiro atoms. The fourth-order valence-corrected chi connectivity index (χ4v) is 3.60. The second-order valence-electron chi connectivity index (χ2n) is 7.87. The maximum absolute atomic E-state index is 15.0. The molecule has 1 nitrogen and oxygen atoms in total. The van der Waals surface area contributed by atoms with E-state index in [9.17, 15) is 17.6 Å². The van der Waals surface area contributed by atoms with Crippen molar-refractivity contribution >= 4 is 22.7 Å². The second-order valence-corrected chi connectivity index (χ2v) is 7.87. The van der Waals surface area contributed by atoms with E-state index in [1.165, 1.54) is 19.1 Å². The van der Waals surface area contributed by atoms with Crippen LogP contribution in [0.5, 0.6) is 5.75 Å². The summed E-state index contributed by atoms with van der Waals surface area (Å²) < 4.78 is 62.0. The third kappa shape index (κ3) is 5.78. The molecule has 0 aliphatic rings. The van der Waals surface area contributed by atoms with Crippen molar-refractivity contribution in [2.75, 3.05) is 0 Å². The summed E-state index contributed by atoms with van der Waals surface area (Å²) in [6, 6.07) is 13.4. The van der Waals surface area contributed by atoms with Gasteiger partial charge in [0.15, 0.2) is 0 Å². The topological polar surface area (TPSA) is 9.23 Å². The summed E-state index contributed by atoms with van der Waals surface area (Å²) in [4.78, 5) is 0. The lowest BCUT2D eigenvalue weighted by Gasteiger charge is -2.19. The summed E-state index contributed by atoms with van der Waals surface area (Å²) in [6.07, 6.45) is 0.830. The maximum Gasteiger partial charge on any atom is 0.397 e. The maximum atomic E-state index is 15.0. The highest BCUT2D eigenvalue weighted by Crippen LogP contribution is 2.33. The molecule has 0 radical (unpaired) electrons. The molecule has 0 saturated heterocycles. The van der Waals surface area contributed by atoms with Crippen LogP contribution >= 0.6 is 0 Å². The SMILES string of the molecule is C=CCc1ccc2cc(/C=C(\F)c3c(C)cc(OC(F)(F)CCCC)cc3F)ccc2c1. The molecule has 0 aromatic heterocycles. The minimum absolute atomic E-state index is 0.176. The van der Waals surface area contributed by atoms with Crippen molar-refractivity contribution in [1.29, 1.82) is 0 Å². The van der Waals surface area contributed by atoms with Crippen molar-refractivity contribution in [3.05, 3.63) is 89.3 Å². The van der Waals surface area contributed by atoms with Gasteiger partial charge in [-0.3, -0.25) is 0 Å². The molecule has 5 heteroatoms. The highest BCUT2D eigenvalue weighted by Gasteiger charge is 2.31. The zero-order valence-electron chi connectivity index (χ0n) is 18.2. The van der Waals surface area contributed by atoms with Crippen molar-refractivity contribution in [2.24, 2.45) is 0 Å². The molecule has 168 valence electrons. The first kappa shape index (κ1) is 23.6. The second kappa shape index (κ2) is 10.0. The summed E-state index contributed by atoms with van der Waals surface area (Å²) >= 11 is 0. The summed E-state index contributed by atoms with van der Waals surface area (Å²) in [7, 11) is 0. The van der Waals surface area contributed by atoms with E-state index < -0.39 is 24.2 Å². The van der Waals surface area contributed by atoms with Gasteiger partial charge in [0, 0.05) is 11.6 Å². The summed E-state index contributed by atoms with van der Waals surface area (Å²) in [5.41, 5.74) is 1.60. The van der Waals surface area contributed by atoms with Gasteiger partial charge in [0.05, 0.1) is 6.42 Å². The third-order valence-corrected chi connectivity index (χ3v) is 5.19. The Balaban J connectivity index is 1.87. The number of hydrogen-bond acceptors (Lipinski definition) is 1. The Bertz CT molecular complexity index is 1120. The van der Waals surface area contributed by atoms with Crippen LogP contribution in [0, 0.1) is 12.7 Å². The Labute approximate surface area is 186 Å². The summed E-state index contributed by atoms with van der Waals surface area (Å²) in [6.45, 7) is 6.99. The molecule has 3 rings (SSSR count). The quantitative estimate of drug-likeness (QED) is 0.183. The highest BCUT2D eigenvalue weighted by atomic mass is 19.3. The monoisotopic (exact) mass is 442 g/mol. The Kier molecular flexibility index (Phi) is 7.39. The van der Waals surface area contributed by atoms with Gasteiger partial charge in [-0.1, -0.05) is 49.8 Å². The van der Waals surface area contributed by atoms with E-state index >= 15 is 0 Å². The predicted molar refractivity (Wildman–Crippen MR) is 123 cm³/mol. The number of ether oxygens (including phenoxy) is 1. The molecule has 0 fully saturated rings. The molecule has 3 aromatic rings. The summed E-state index contributed by atoms with van der Waals surface area (Å²) in [5.74, 6) is -2.06. The van der Waals surface area contributed by atoms with Crippen LogP contribution in [0.4, 0.5) is 17.6 Å². The lowest BCUT2D eigenvalue weighted by molar-refractivity contribution is -0.181.